The molecular formula is C6H11NO7. The summed E-state index contributed by atoms with van der Waals surface area (Å²) in [4.78, 5) is 10.9. The van der Waals surface area contributed by atoms with Gasteiger partial charge in [-0.05, 0) is 0 Å². The van der Waals surface area contributed by atoms with Crippen molar-refractivity contribution in [2.45, 2.75) is 24.1 Å². The first-order valence-electron chi connectivity index (χ1n) is 3.78. The van der Waals surface area contributed by atoms with Crippen LogP contribution in [0.4, 0.5) is 0 Å². The molecule has 0 bridgehead atoms. The molecule has 14 heavy (non-hydrogen) atoms. The molecule has 1 rings (SSSR count). The van der Waals surface area contributed by atoms with E-state index in [4.69, 9.17) is 15.4 Å². The summed E-state index contributed by atoms with van der Waals surface area (Å²) in [5, 5.41) is 44.9. The molecule has 1 amide bonds. The number of nitrogens with one attached hydrogen (secondary N) is 1. The Hall–Kier alpha value is -0.770. The van der Waals surface area contributed by atoms with Gasteiger partial charge in [0.05, 0.1) is 6.61 Å². The van der Waals surface area contributed by atoms with Crippen LogP contribution < -0.4 is 5.48 Å². The monoisotopic (exact) mass is 209 g/mol. The largest absolute Gasteiger partial charge is 0.388 e. The summed E-state index contributed by atoms with van der Waals surface area (Å²) < 4.78 is 4.44. The van der Waals surface area contributed by atoms with Crippen LogP contribution in [0.5, 0.6) is 0 Å². The van der Waals surface area contributed by atoms with Gasteiger partial charge in [-0.1, -0.05) is 0 Å². The molecule has 0 aromatic heterocycles. The third kappa shape index (κ3) is 1.59. The molecule has 82 valence electrons. The molecular weight excluding hydrogens is 198 g/mol. The summed E-state index contributed by atoms with van der Waals surface area (Å²) in [6.07, 6.45) is -5.18. The molecule has 0 radical (unpaired) electrons. The fraction of sp³-hybridized carbons (Fsp3) is 0.833. The average molecular weight is 209 g/mol. The second-order valence-electron chi connectivity index (χ2n) is 2.95. The molecule has 0 aliphatic carbocycles. The molecule has 8 heteroatoms. The van der Waals surface area contributed by atoms with Crippen LogP contribution in [0.2, 0.25) is 0 Å². The third-order valence-corrected chi connectivity index (χ3v) is 2.02. The van der Waals surface area contributed by atoms with Gasteiger partial charge in [-0.3, -0.25) is 10.0 Å². The Balaban J connectivity index is 2.85. The van der Waals surface area contributed by atoms with E-state index in [1.165, 1.54) is 0 Å². The molecule has 1 saturated heterocycles. The highest BCUT2D eigenvalue weighted by molar-refractivity contribution is 5.83. The maximum Gasteiger partial charge on any atom is 0.306 e. The number of carbonyl (C=O) groups excluding carboxylic acids is 1. The first kappa shape index (κ1) is 11.3. The molecule has 1 aliphatic rings. The lowest BCUT2D eigenvalue weighted by Crippen LogP contribution is -2.66. The van der Waals surface area contributed by atoms with Crippen molar-refractivity contribution in [1.29, 1.82) is 0 Å². The molecule has 4 unspecified atom stereocenters. The highest BCUT2D eigenvalue weighted by Gasteiger charge is 2.53. The average Bonchev–Trinajstić information content (AvgIpc) is 2.19. The number of carbonyl (C=O) groups is 1. The van der Waals surface area contributed by atoms with Gasteiger partial charge >= 0.3 is 5.91 Å². The summed E-state index contributed by atoms with van der Waals surface area (Å²) in [6, 6.07) is 0. The molecule has 1 aliphatic heterocycles. The van der Waals surface area contributed by atoms with E-state index >= 15 is 0 Å². The fourth-order valence-electron chi connectivity index (χ4n) is 1.12. The molecule has 4 atom stereocenters. The minimum atomic E-state index is -2.76. The van der Waals surface area contributed by atoms with E-state index in [0.29, 0.717) is 0 Å². The van der Waals surface area contributed by atoms with Gasteiger partial charge in [-0.15, -0.1) is 0 Å². The maximum absolute atomic E-state index is 10.9. The summed E-state index contributed by atoms with van der Waals surface area (Å²) >= 11 is 0. The molecule has 1 fully saturated rings. The third-order valence-electron chi connectivity index (χ3n) is 2.02. The zero-order valence-electron chi connectivity index (χ0n) is 6.99. The lowest BCUT2D eigenvalue weighted by molar-refractivity contribution is -0.306. The van der Waals surface area contributed by atoms with Gasteiger partial charge in [0, 0.05) is 0 Å². The Morgan fingerprint density at radius 1 is 1.43 bits per heavy atom. The lowest BCUT2D eigenvalue weighted by atomic mass is 9.96. The van der Waals surface area contributed by atoms with Crippen LogP contribution in [-0.2, 0) is 9.53 Å². The summed E-state index contributed by atoms with van der Waals surface area (Å²) in [7, 11) is 0. The van der Waals surface area contributed by atoms with E-state index in [1.54, 1.807) is 0 Å². The zero-order chi connectivity index (χ0) is 10.9. The molecule has 0 saturated carbocycles. The summed E-state index contributed by atoms with van der Waals surface area (Å²) in [5.74, 6) is -4.18. The molecule has 0 aromatic rings. The van der Waals surface area contributed by atoms with Crippen molar-refractivity contribution in [3.63, 3.8) is 0 Å². The lowest BCUT2D eigenvalue weighted by Gasteiger charge is -2.39. The van der Waals surface area contributed by atoms with Crippen molar-refractivity contribution in [3.05, 3.63) is 0 Å². The standard InChI is InChI=1S/C6H11NO7/c8-2-1-14-6(12,5(11)7-13)4(10)3(2)9/h2-4,8-10,12-13H,1H2,(H,7,11). The van der Waals surface area contributed by atoms with Gasteiger partial charge in [0.25, 0.3) is 5.79 Å². The normalized spacial score (nSPS) is 43.4. The minimum Gasteiger partial charge on any atom is -0.388 e. The first-order valence-corrected chi connectivity index (χ1v) is 3.78. The Labute approximate surface area is 78.3 Å². The van der Waals surface area contributed by atoms with Gasteiger partial charge in [0.1, 0.15) is 18.3 Å². The van der Waals surface area contributed by atoms with Gasteiger partial charge in [-0.2, -0.15) is 0 Å². The number of ether oxygens (including phenoxy) is 1. The number of hydroxylamine groups is 1. The number of amides is 1. The van der Waals surface area contributed by atoms with Gasteiger partial charge in [-0.25, -0.2) is 5.48 Å². The maximum atomic E-state index is 10.9. The van der Waals surface area contributed by atoms with Crippen molar-refractivity contribution in [2.75, 3.05) is 6.61 Å². The van der Waals surface area contributed by atoms with Crippen molar-refractivity contribution in [3.8, 4) is 0 Å². The van der Waals surface area contributed by atoms with E-state index in [0.717, 1.165) is 5.48 Å². The highest BCUT2D eigenvalue weighted by atomic mass is 16.7. The number of rotatable bonds is 1. The SMILES string of the molecule is O=C(NO)C1(O)OCC(O)C(O)C1O. The van der Waals surface area contributed by atoms with E-state index in [9.17, 15) is 15.0 Å². The molecule has 0 aromatic carbocycles. The van der Waals surface area contributed by atoms with Crippen molar-refractivity contribution < 1.29 is 35.2 Å². The van der Waals surface area contributed by atoms with Crippen LogP contribution in [0.15, 0.2) is 0 Å². The van der Waals surface area contributed by atoms with Crippen LogP contribution in [-0.4, -0.2) is 62.2 Å². The summed E-state index contributed by atoms with van der Waals surface area (Å²) in [6.45, 7) is -0.540. The Morgan fingerprint density at radius 3 is 2.50 bits per heavy atom. The van der Waals surface area contributed by atoms with Gasteiger partial charge in [0.15, 0.2) is 0 Å². The van der Waals surface area contributed by atoms with E-state index in [1.807, 2.05) is 0 Å². The van der Waals surface area contributed by atoms with Crippen LogP contribution in [0.3, 0.4) is 0 Å². The molecule has 0 spiro atoms. The first-order chi connectivity index (χ1) is 6.43. The number of hydrogen-bond donors (Lipinski definition) is 6. The number of aliphatic hydroxyl groups excluding tert-OH is 3. The van der Waals surface area contributed by atoms with Gasteiger partial charge in [0.2, 0.25) is 0 Å². The van der Waals surface area contributed by atoms with Crippen LogP contribution in [0, 0.1) is 0 Å². The van der Waals surface area contributed by atoms with E-state index in [-0.39, 0.29) is 0 Å². The smallest absolute Gasteiger partial charge is 0.306 e. The fourth-order valence-corrected chi connectivity index (χ4v) is 1.12. The Kier molecular flexibility index (Phi) is 3.04. The molecule has 8 nitrogen and oxygen atoms in total. The van der Waals surface area contributed by atoms with Crippen LogP contribution in [0.25, 0.3) is 0 Å². The Morgan fingerprint density at radius 2 is 2.00 bits per heavy atom. The quantitative estimate of drug-likeness (QED) is 0.193. The zero-order valence-corrected chi connectivity index (χ0v) is 6.99. The van der Waals surface area contributed by atoms with E-state index < -0.39 is 36.6 Å². The topological polar surface area (TPSA) is 139 Å². The Bertz CT molecular complexity index is 234. The van der Waals surface area contributed by atoms with Crippen LogP contribution in [0.1, 0.15) is 0 Å². The predicted molar refractivity (Wildman–Crippen MR) is 38.9 cm³/mol. The summed E-state index contributed by atoms with van der Waals surface area (Å²) in [5.41, 5.74) is 1.07. The number of hydrogen-bond acceptors (Lipinski definition) is 7. The van der Waals surface area contributed by atoms with Crippen LogP contribution >= 0.6 is 0 Å². The molecule has 1 heterocycles. The highest BCUT2D eigenvalue weighted by Crippen LogP contribution is 2.23. The van der Waals surface area contributed by atoms with Crippen molar-refractivity contribution in [1.82, 2.24) is 5.48 Å². The van der Waals surface area contributed by atoms with Crippen molar-refractivity contribution >= 4 is 5.91 Å². The molecule has 6 N–H and O–H groups in total. The minimum absolute atomic E-state index is 0.540. The van der Waals surface area contributed by atoms with Crippen molar-refractivity contribution in [2.24, 2.45) is 0 Å². The van der Waals surface area contributed by atoms with E-state index in [2.05, 4.69) is 4.74 Å². The second kappa shape index (κ2) is 3.77. The number of aliphatic hydroxyl groups is 4. The second-order valence-corrected chi connectivity index (χ2v) is 2.95. The van der Waals surface area contributed by atoms with Gasteiger partial charge < -0.3 is 25.2 Å². The predicted octanol–water partition coefficient (Wildman–Crippen LogP) is -3.71.